The van der Waals surface area contributed by atoms with Gasteiger partial charge in [0.1, 0.15) is 5.69 Å². The summed E-state index contributed by atoms with van der Waals surface area (Å²) in [7, 11) is 8.12. The van der Waals surface area contributed by atoms with Crippen molar-refractivity contribution in [3.05, 3.63) is 110 Å². The van der Waals surface area contributed by atoms with Crippen molar-refractivity contribution in [2.24, 2.45) is 20.5 Å². The molecule has 0 aliphatic rings. The summed E-state index contributed by atoms with van der Waals surface area (Å²) in [4.78, 5) is 4.14. The lowest BCUT2D eigenvalue weighted by Crippen LogP contribution is -2.77. The van der Waals surface area contributed by atoms with Crippen LogP contribution in [0.5, 0.6) is 0 Å². The largest absolute Gasteiger partial charge is 0.378 e. The molecule has 262 valence electrons. The first kappa shape index (κ1) is 39.0. The number of hydrogen-bond acceptors (Lipinski definition) is 6. The van der Waals surface area contributed by atoms with Crippen molar-refractivity contribution in [3.63, 3.8) is 0 Å². The van der Waals surface area contributed by atoms with E-state index >= 15 is 0 Å². The SMILES string of the molecule is C=C(C=CC=C[NH2+]CCCCCCCCCCCCCC[n+]1ccccc1N=Nc1ccc(N(C)C)cc1)N=Nc1ccc(N(C)C)cc1. The molecule has 1 heterocycles. The summed E-state index contributed by atoms with van der Waals surface area (Å²) in [6.07, 6.45) is 26.0. The minimum atomic E-state index is 0.636. The Labute approximate surface area is 296 Å². The summed E-state index contributed by atoms with van der Waals surface area (Å²) < 4.78 is 2.21. The maximum atomic E-state index is 4.53. The van der Waals surface area contributed by atoms with Crippen LogP contribution in [0.4, 0.5) is 28.6 Å². The topological polar surface area (TPSA) is 76.4 Å². The van der Waals surface area contributed by atoms with Gasteiger partial charge in [-0.05, 0) is 97.5 Å². The second-order valence-electron chi connectivity index (χ2n) is 13.0. The Morgan fingerprint density at radius 1 is 0.633 bits per heavy atom. The number of aromatic nitrogens is 1. The average Bonchev–Trinajstić information content (AvgIpc) is 3.11. The summed E-state index contributed by atoms with van der Waals surface area (Å²) in [5, 5.41) is 19.7. The van der Waals surface area contributed by atoms with E-state index < -0.39 is 0 Å². The molecule has 0 aliphatic heterocycles. The number of azo groups is 2. The Morgan fingerprint density at radius 2 is 1.16 bits per heavy atom. The second kappa shape index (κ2) is 23.8. The number of benzene rings is 2. The molecular weight excluding hydrogens is 605 g/mol. The van der Waals surface area contributed by atoms with Gasteiger partial charge in [-0.25, -0.2) is 4.57 Å². The van der Waals surface area contributed by atoms with Crippen LogP contribution in [0, 0.1) is 0 Å². The molecule has 8 heteroatoms. The van der Waals surface area contributed by atoms with E-state index in [0.717, 1.165) is 41.7 Å². The Balaban J connectivity index is 1.12. The van der Waals surface area contributed by atoms with Gasteiger partial charge in [-0.2, -0.15) is 10.2 Å². The van der Waals surface area contributed by atoms with Crippen LogP contribution in [-0.2, 0) is 6.54 Å². The van der Waals surface area contributed by atoms with Gasteiger partial charge >= 0.3 is 5.82 Å². The average molecular weight is 665 g/mol. The quantitative estimate of drug-likeness (QED) is 0.0448. The molecule has 49 heavy (non-hydrogen) atoms. The number of allylic oxidation sites excluding steroid dienone is 3. The zero-order valence-electron chi connectivity index (χ0n) is 30.6. The van der Waals surface area contributed by atoms with E-state index in [4.69, 9.17) is 0 Å². The molecule has 0 saturated carbocycles. The second-order valence-corrected chi connectivity index (χ2v) is 13.0. The third-order valence-corrected chi connectivity index (χ3v) is 8.38. The number of hydrogen-bond donors (Lipinski definition) is 1. The van der Waals surface area contributed by atoms with Crippen LogP contribution in [0.3, 0.4) is 0 Å². The molecule has 0 atom stereocenters. The lowest BCUT2D eigenvalue weighted by Gasteiger charge is -2.11. The summed E-state index contributed by atoms with van der Waals surface area (Å²) in [5.74, 6) is 0.906. The number of pyridine rings is 1. The zero-order chi connectivity index (χ0) is 34.9. The molecule has 0 radical (unpaired) electrons. The van der Waals surface area contributed by atoms with Gasteiger partial charge in [-0.15, -0.1) is 0 Å². The lowest BCUT2D eigenvalue weighted by molar-refractivity contribution is -0.684. The van der Waals surface area contributed by atoms with Gasteiger partial charge < -0.3 is 15.1 Å². The van der Waals surface area contributed by atoms with E-state index in [1.807, 2.05) is 94.9 Å². The minimum Gasteiger partial charge on any atom is -0.378 e. The molecule has 0 spiro atoms. The number of rotatable bonds is 24. The van der Waals surface area contributed by atoms with Gasteiger partial charge in [0.25, 0.3) is 0 Å². The molecule has 2 aromatic carbocycles. The molecule has 0 saturated heterocycles. The van der Waals surface area contributed by atoms with Crippen molar-refractivity contribution in [1.82, 2.24) is 0 Å². The van der Waals surface area contributed by atoms with E-state index in [-0.39, 0.29) is 0 Å². The standard InChI is InChI=1S/C41H59N8/c1-36(43-44-37-24-28-39(29-25-37)47(2)3)22-16-19-33-42-32-18-14-12-10-8-6-7-9-11-13-15-20-34-49-35-21-17-23-41(49)46-45-38-26-30-40(31-27-38)48(4)5/h16-17,19,21-31,33,35,42H,1,6-15,18,20,32,34H2,2-5H3/q+1/p+1. The van der Waals surface area contributed by atoms with Crippen molar-refractivity contribution in [2.45, 2.75) is 83.6 Å². The zero-order valence-corrected chi connectivity index (χ0v) is 30.6. The predicted octanol–water partition coefficient (Wildman–Crippen LogP) is 10.1. The number of unbranched alkanes of at least 4 members (excludes halogenated alkanes) is 11. The highest BCUT2D eigenvalue weighted by Gasteiger charge is 2.09. The van der Waals surface area contributed by atoms with E-state index in [2.05, 4.69) is 77.3 Å². The number of nitrogens with two attached hydrogens (primary N) is 1. The Morgan fingerprint density at radius 3 is 1.73 bits per heavy atom. The highest BCUT2D eigenvalue weighted by Crippen LogP contribution is 2.21. The molecule has 8 nitrogen and oxygen atoms in total. The Hall–Kier alpha value is -4.43. The van der Waals surface area contributed by atoms with Gasteiger partial charge in [0, 0.05) is 45.6 Å². The first-order valence-electron chi connectivity index (χ1n) is 18.1. The maximum Gasteiger partial charge on any atom is 0.350 e. The number of quaternary nitrogens is 1. The lowest BCUT2D eigenvalue weighted by atomic mass is 10.1. The van der Waals surface area contributed by atoms with Crippen LogP contribution in [0.1, 0.15) is 77.0 Å². The maximum absolute atomic E-state index is 4.53. The van der Waals surface area contributed by atoms with Crippen LogP contribution in [0.25, 0.3) is 0 Å². The highest BCUT2D eigenvalue weighted by molar-refractivity contribution is 5.52. The van der Waals surface area contributed by atoms with Crippen LogP contribution >= 0.6 is 0 Å². The number of nitrogens with zero attached hydrogens (tertiary/aromatic N) is 7. The van der Waals surface area contributed by atoms with Crippen molar-refractivity contribution < 1.29 is 9.88 Å². The Kier molecular flexibility index (Phi) is 19.0. The van der Waals surface area contributed by atoms with Gasteiger partial charge in [0.2, 0.25) is 0 Å². The van der Waals surface area contributed by atoms with Crippen LogP contribution in [-0.4, -0.2) is 34.7 Å². The van der Waals surface area contributed by atoms with E-state index in [1.54, 1.807) is 0 Å². The summed E-state index contributed by atoms with van der Waals surface area (Å²) >= 11 is 0. The fourth-order valence-corrected chi connectivity index (χ4v) is 5.36. The summed E-state index contributed by atoms with van der Waals surface area (Å²) in [6.45, 7) is 6.07. The van der Waals surface area contributed by atoms with Crippen molar-refractivity contribution in [2.75, 3.05) is 44.5 Å². The molecule has 0 amide bonds. The molecule has 3 aromatic rings. The fourth-order valence-electron chi connectivity index (χ4n) is 5.36. The molecule has 0 unspecified atom stereocenters. The van der Waals surface area contributed by atoms with Gasteiger partial charge in [-0.3, -0.25) is 0 Å². The van der Waals surface area contributed by atoms with Gasteiger partial charge in [-0.1, -0.05) is 70.1 Å². The van der Waals surface area contributed by atoms with E-state index in [9.17, 15) is 0 Å². The molecule has 1 aromatic heterocycles. The van der Waals surface area contributed by atoms with Gasteiger partial charge in [0.05, 0.1) is 42.0 Å². The minimum absolute atomic E-state index is 0.636. The first-order chi connectivity index (χ1) is 23.9. The third-order valence-electron chi connectivity index (χ3n) is 8.38. The third kappa shape index (κ3) is 17.0. The first-order valence-corrected chi connectivity index (χ1v) is 18.1. The van der Waals surface area contributed by atoms with Crippen molar-refractivity contribution in [1.29, 1.82) is 0 Å². The monoisotopic (exact) mass is 664 g/mol. The molecule has 2 N–H and O–H groups in total. The van der Waals surface area contributed by atoms with E-state index in [1.165, 1.54) is 77.0 Å². The predicted molar refractivity (Wildman–Crippen MR) is 206 cm³/mol. The molecular formula is C41H60N8+2. The van der Waals surface area contributed by atoms with E-state index in [0.29, 0.717) is 5.70 Å². The summed E-state index contributed by atoms with van der Waals surface area (Å²) in [6, 6.07) is 22.3. The van der Waals surface area contributed by atoms with Crippen LogP contribution < -0.4 is 19.7 Å². The highest BCUT2D eigenvalue weighted by atomic mass is 15.2. The molecule has 3 rings (SSSR count). The fraction of sp³-hybridized carbons (Fsp3) is 0.439. The molecule has 0 aliphatic carbocycles. The number of aryl methyl sites for hydroxylation is 1. The van der Waals surface area contributed by atoms with Crippen LogP contribution in [0.15, 0.2) is 130 Å². The normalized spacial score (nSPS) is 11.8. The molecule has 0 bridgehead atoms. The van der Waals surface area contributed by atoms with Crippen molar-refractivity contribution >= 4 is 28.6 Å². The Bertz CT molecular complexity index is 1450. The number of anilines is 2. The smallest absolute Gasteiger partial charge is 0.350 e. The molecule has 0 fully saturated rings. The van der Waals surface area contributed by atoms with Crippen molar-refractivity contribution in [3.8, 4) is 0 Å². The summed E-state index contributed by atoms with van der Waals surface area (Å²) in [5.41, 5.74) is 4.63. The van der Waals surface area contributed by atoms with Crippen LogP contribution in [0.2, 0.25) is 0 Å². The van der Waals surface area contributed by atoms with Gasteiger partial charge in [0.15, 0.2) is 0 Å².